The van der Waals surface area contributed by atoms with E-state index in [2.05, 4.69) is 212 Å². The normalized spacial score (nSPS) is 11.8. The molecular formula is C46H35P. The van der Waals surface area contributed by atoms with Crippen molar-refractivity contribution in [3.05, 3.63) is 209 Å². The largest absolute Gasteiger partial charge is 0.0622 e. The number of hydrogen-bond donors (Lipinski definition) is 0. The van der Waals surface area contributed by atoms with Gasteiger partial charge < -0.3 is 0 Å². The molecule has 47 heavy (non-hydrogen) atoms. The summed E-state index contributed by atoms with van der Waals surface area (Å²) in [7, 11) is -0.738. The Bertz CT molecular complexity index is 2040. The first kappa shape index (κ1) is 30.1. The lowest BCUT2D eigenvalue weighted by atomic mass is 10.0. The van der Waals surface area contributed by atoms with Gasteiger partial charge in [-0.2, -0.15) is 0 Å². The second kappa shape index (κ2) is 14.7. The van der Waals surface area contributed by atoms with Gasteiger partial charge in [-0.15, -0.1) is 0 Å². The molecule has 0 unspecified atom stereocenters. The summed E-state index contributed by atoms with van der Waals surface area (Å²) in [6.07, 6.45) is 13.2. The fourth-order valence-corrected chi connectivity index (χ4v) is 7.98. The third-order valence-corrected chi connectivity index (χ3v) is 10.7. The molecule has 0 aliphatic rings. The Morgan fingerprint density at radius 1 is 0.277 bits per heavy atom. The van der Waals surface area contributed by atoms with Crippen LogP contribution in [0.25, 0.3) is 47.2 Å². The van der Waals surface area contributed by atoms with Crippen LogP contribution in [-0.4, -0.2) is 0 Å². The van der Waals surface area contributed by atoms with Crippen molar-refractivity contribution in [1.29, 1.82) is 0 Å². The molecule has 1 heteroatoms. The van der Waals surface area contributed by atoms with E-state index in [1.54, 1.807) is 0 Å². The molecule has 0 amide bonds. The molecule has 0 spiro atoms. The third-order valence-electron chi connectivity index (χ3n) is 8.27. The minimum atomic E-state index is -0.738. The molecule has 7 rings (SSSR count). The van der Waals surface area contributed by atoms with E-state index in [1.165, 1.54) is 60.1 Å². The number of fused-ring (bicyclic) bond motifs is 1. The van der Waals surface area contributed by atoms with Crippen LogP contribution >= 0.6 is 7.92 Å². The average molecular weight is 619 g/mol. The number of benzene rings is 7. The minimum absolute atomic E-state index is 0.738. The number of rotatable bonds is 9. The Morgan fingerprint density at radius 3 is 1.11 bits per heavy atom. The number of hydrogen-bond acceptors (Lipinski definition) is 0. The second-order valence-electron chi connectivity index (χ2n) is 11.5. The van der Waals surface area contributed by atoms with Gasteiger partial charge in [0.25, 0.3) is 0 Å². The summed E-state index contributed by atoms with van der Waals surface area (Å²) < 4.78 is 0. The van der Waals surface area contributed by atoms with Crippen LogP contribution < -0.4 is 15.9 Å². The monoisotopic (exact) mass is 618 g/mol. The van der Waals surface area contributed by atoms with Crippen LogP contribution in [-0.2, 0) is 0 Å². The molecule has 0 aliphatic heterocycles. The van der Waals surface area contributed by atoms with Crippen LogP contribution in [0.3, 0.4) is 0 Å². The van der Waals surface area contributed by atoms with E-state index in [0.717, 1.165) is 0 Å². The van der Waals surface area contributed by atoms with Crippen molar-refractivity contribution in [1.82, 2.24) is 0 Å². The SMILES string of the molecule is C(=C\c1ccc(P(c2ccc(/C=C/c3ccccc3)cc2)c2ccc(/C=C/c3cccc4ccccc34)cc2)cc1)/c1ccccc1. The highest BCUT2D eigenvalue weighted by Gasteiger charge is 2.16. The van der Waals surface area contributed by atoms with Crippen molar-refractivity contribution in [2.45, 2.75) is 0 Å². The lowest BCUT2D eigenvalue weighted by Crippen LogP contribution is -2.20. The highest BCUT2D eigenvalue weighted by atomic mass is 31.1. The molecule has 0 radical (unpaired) electrons. The maximum atomic E-state index is 2.31. The van der Waals surface area contributed by atoms with E-state index in [-0.39, 0.29) is 0 Å². The summed E-state index contributed by atoms with van der Waals surface area (Å²) >= 11 is 0. The molecule has 0 aromatic heterocycles. The quantitative estimate of drug-likeness (QED) is 0.112. The molecule has 7 aromatic rings. The summed E-state index contributed by atoms with van der Waals surface area (Å²) in [6, 6.07) is 63.2. The van der Waals surface area contributed by atoms with Crippen molar-refractivity contribution in [2.24, 2.45) is 0 Å². The van der Waals surface area contributed by atoms with E-state index >= 15 is 0 Å². The van der Waals surface area contributed by atoms with Gasteiger partial charge >= 0.3 is 0 Å². The summed E-state index contributed by atoms with van der Waals surface area (Å²) in [6.45, 7) is 0. The third kappa shape index (κ3) is 7.64. The van der Waals surface area contributed by atoms with E-state index in [4.69, 9.17) is 0 Å². The maximum Gasteiger partial charge on any atom is -0.0111 e. The van der Waals surface area contributed by atoms with Crippen molar-refractivity contribution >= 4 is 71.1 Å². The zero-order valence-electron chi connectivity index (χ0n) is 26.2. The lowest BCUT2D eigenvalue weighted by Gasteiger charge is -2.20. The lowest BCUT2D eigenvalue weighted by molar-refractivity contribution is 1.65. The van der Waals surface area contributed by atoms with Crippen LogP contribution in [0.15, 0.2) is 176 Å². The maximum absolute atomic E-state index is 2.31. The van der Waals surface area contributed by atoms with Crippen LogP contribution in [0.1, 0.15) is 33.4 Å². The Hall–Kier alpha value is -5.55. The first-order valence-electron chi connectivity index (χ1n) is 16.0. The molecule has 0 atom stereocenters. The van der Waals surface area contributed by atoms with Gasteiger partial charge in [0.2, 0.25) is 0 Å². The Morgan fingerprint density at radius 2 is 0.638 bits per heavy atom. The highest BCUT2D eigenvalue weighted by molar-refractivity contribution is 7.79. The smallest absolute Gasteiger partial charge is 0.0111 e. The first-order valence-corrected chi connectivity index (χ1v) is 17.4. The Balaban J connectivity index is 1.17. The van der Waals surface area contributed by atoms with Gasteiger partial charge in [-0.05, 0) is 68.0 Å². The molecule has 0 N–H and O–H groups in total. The molecular weight excluding hydrogens is 583 g/mol. The van der Waals surface area contributed by atoms with Crippen molar-refractivity contribution < 1.29 is 0 Å². The van der Waals surface area contributed by atoms with Gasteiger partial charge in [-0.25, -0.2) is 0 Å². The summed E-state index contributed by atoms with van der Waals surface area (Å²) in [5, 5.41) is 6.55. The molecule has 7 aromatic carbocycles. The predicted molar refractivity (Wildman–Crippen MR) is 209 cm³/mol. The Labute approximate surface area is 279 Å². The van der Waals surface area contributed by atoms with Crippen LogP contribution in [0.5, 0.6) is 0 Å². The molecule has 0 bridgehead atoms. The fraction of sp³-hybridized carbons (Fsp3) is 0. The van der Waals surface area contributed by atoms with Gasteiger partial charge in [0.15, 0.2) is 0 Å². The Kier molecular flexibility index (Phi) is 9.42. The molecule has 0 fully saturated rings. The van der Waals surface area contributed by atoms with Crippen LogP contribution in [0, 0.1) is 0 Å². The average Bonchev–Trinajstić information content (AvgIpc) is 3.15. The van der Waals surface area contributed by atoms with Gasteiger partial charge in [-0.1, -0.05) is 212 Å². The molecule has 0 saturated carbocycles. The molecule has 0 nitrogen and oxygen atoms in total. The summed E-state index contributed by atoms with van der Waals surface area (Å²) in [4.78, 5) is 0. The second-order valence-corrected chi connectivity index (χ2v) is 13.7. The molecule has 0 heterocycles. The molecule has 0 aliphatic carbocycles. The van der Waals surface area contributed by atoms with Gasteiger partial charge in [0.1, 0.15) is 0 Å². The van der Waals surface area contributed by atoms with Crippen molar-refractivity contribution in [3.8, 4) is 0 Å². The minimum Gasteiger partial charge on any atom is -0.0622 e. The fourth-order valence-electron chi connectivity index (χ4n) is 5.75. The van der Waals surface area contributed by atoms with E-state index in [0.29, 0.717) is 0 Å². The zero-order valence-corrected chi connectivity index (χ0v) is 27.0. The molecule has 0 saturated heterocycles. The highest BCUT2D eigenvalue weighted by Crippen LogP contribution is 2.33. The molecule has 224 valence electrons. The van der Waals surface area contributed by atoms with Gasteiger partial charge in [0.05, 0.1) is 0 Å². The van der Waals surface area contributed by atoms with Crippen LogP contribution in [0.2, 0.25) is 0 Å². The van der Waals surface area contributed by atoms with E-state index in [9.17, 15) is 0 Å². The first-order chi connectivity index (χ1) is 23.3. The summed E-state index contributed by atoms with van der Waals surface area (Å²) in [5.74, 6) is 0. The topological polar surface area (TPSA) is 0 Å². The van der Waals surface area contributed by atoms with Crippen LogP contribution in [0.4, 0.5) is 0 Å². The standard InChI is InChI=1S/C46H35P/c1-3-10-36(11-4-1)18-20-38-23-30-43(31-24-38)47(44-32-25-39(26-33-44)21-19-37-12-5-2-6-13-37)45-34-27-40(28-35-45)22-29-42-16-9-15-41-14-7-8-17-46(41)42/h1-35H/b20-18+,21-19+,29-22+. The van der Waals surface area contributed by atoms with Crippen molar-refractivity contribution in [2.75, 3.05) is 0 Å². The van der Waals surface area contributed by atoms with E-state index in [1.807, 2.05) is 0 Å². The zero-order chi connectivity index (χ0) is 31.7. The van der Waals surface area contributed by atoms with Gasteiger partial charge in [0, 0.05) is 0 Å². The van der Waals surface area contributed by atoms with Crippen molar-refractivity contribution in [3.63, 3.8) is 0 Å². The predicted octanol–water partition coefficient (Wildman–Crippen LogP) is 11.1. The van der Waals surface area contributed by atoms with E-state index < -0.39 is 7.92 Å². The summed E-state index contributed by atoms with van der Waals surface area (Å²) in [5.41, 5.74) is 7.23. The van der Waals surface area contributed by atoms with Gasteiger partial charge in [-0.3, -0.25) is 0 Å².